The van der Waals surface area contributed by atoms with Gasteiger partial charge in [-0.15, -0.1) is 0 Å². The van der Waals surface area contributed by atoms with Crippen LogP contribution in [0.4, 0.5) is 0 Å². The maximum Gasteiger partial charge on any atom is 0.276 e. The Balaban J connectivity index is 1.76. The number of hydrogen-bond donors (Lipinski definition) is 1. The first-order valence-corrected chi connectivity index (χ1v) is 8.64. The smallest absolute Gasteiger partial charge is 0.276 e. The van der Waals surface area contributed by atoms with Crippen LogP contribution in [-0.4, -0.2) is 40.2 Å². The van der Waals surface area contributed by atoms with Crippen LogP contribution in [0.25, 0.3) is 0 Å². The highest BCUT2D eigenvalue weighted by atomic mass is 32.2. The molecule has 8 heteroatoms. The fourth-order valence-corrected chi connectivity index (χ4v) is 4.51. The SMILES string of the molecule is Cn1cc([C@H](O)C[C@H]2CCCN2S(=O)(=O)c2ccco2)cn1. The molecule has 1 aliphatic heterocycles. The molecule has 120 valence electrons. The van der Waals surface area contributed by atoms with Crippen molar-refractivity contribution < 1.29 is 17.9 Å². The Labute approximate surface area is 129 Å². The van der Waals surface area contributed by atoms with Crippen LogP contribution >= 0.6 is 0 Å². The summed E-state index contributed by atoms with van der Waals surface area (Å²) in [7, 11) is -1.86. The molecule has 0 aromatic carbocycles. The highest BCUT2D eigenvalue weighted by Gasteiger charge is 2.37. The second kappa shape index (κ2) is 5.86. The summed E-state index contributed by atoms with van der Waals surface area (Å²) in [6.45, 7) is 0.452. The molecule has 3 rings (SSSR count). The number of nitrogens with zero attached hydrogens (tertiary/aromatic N) is 3. The van der Waals surface area contributed by atoms with Crippen molar-refractivity contribution in [3.63, 3.8) is 0 Å². The molecule has 0 saturated carbocycles. The van der Waals surface area contributed by atoms with Crippen LogP contribution in [0.15, 0.2) is 40.3 Å². The van der Waals surface area contributed by atoms with E-state index in [2.05, 4.69) is 5.10 Å². The van der Waals surface area contributed by atoms with Gasteiger partial charge >= 0.3 is 0 Å². The normalized spacial score (nSPS) is 21.3. The molecular weight excluding hydrogens is 306 g/mol. The van der Waals surface area contributed by atoms with E-state index in [1.165, 1.54) is 16.6 Å². The van der Waals surface area contributed by atoms with Gasteiger partial charge in [0.25, 0.3) is 10.0 Å². The minimum Gasteiger partial charge on any atom is -0.452 e. The fraction of sp³-hybridized carbons (Fsp3) is 0.500. The van der Waals surface area contributed by atoms with Crippen LogP contribution in [0, 0.1) is 0 Å². The van der Waals surface area contributed by atoms with Gasteiger partial charge in [-0.1, -0.05) is 0 Å². The number of rotatable bonds is 5. The number of aryl methyl sites for hydroxylation is 1. The molecule has 3 heterocycles. The molecule has 0 amide bonds. The number of aliphatic hydroxyl groups excluding tert-OH is 1. The number of furan rings is 1. The number of aromatic nitrogens is 2. The van der Waals surface area contributed by atoms with Crippen LogP contribution in [0.2, 0.25) is 0 Å². The molecule has 0 radical (unpaired) electrons. The molecule has 22 heavy (non-hydrogen) atoms. The molecule has 1 N–H and O–H groups in total. The third-order valence-corrected chi connectivity index (χ3v) is 5.83. The summed E-state index contributed by atoms with van der Waals surface area (Å²) >= 11 is 0. The van der Waals surface area contributed by atoms with Gasteiger partial charge in [-0.05, 0) is 31.4 Å². The Morgan fingerprint density at radius 1 is 1.55 bits per heavy atom. The zero-order valence-corrected chi connectivity index (χ0v) is 13.1. The Kier molecular flexibility index (Phi) is 4.07. The van der Waals surface area contributed by atoms with Gasteiger partial charge in [-0.2, -0.15) is 9.40 Å². The third-order valence-electron chi connectivity index (χ3n) is 3.99. The van der Waals surface area contributed by atoms with Crippen molar-refractivity contribution in [1.82, 2.24) is 14.1 Å². The fourth-order valence-electron chi connectivity index (χ4n) is 2.89. The van der Waals surface area contributed by atoms with Gasteiger partial charge < -0.3 is 9.52 Å². The molecule has 0 aliphatic carbocycles. The Morgan fingerprint density at radius 2 is 2.36 bits per heavy atom. The van der Waals surface area contributed by atoms with Crippen molar-refractivity contribution in [2.24, 2.45) is 7.05 Å². The molecule has 2 atom stereocenters. The molecule has 0 spiro atoms. The van der Waals surface area contributed by atoms with Crippen molar-refractivity contribution in [2.45, 2.75) is 36.5 Å². The van der Waals surface area contributed by atoms with E-state index in [9.17, 15) is 13.5 Å². The molecule has 0 bridgehead atoms. The van der Waals surface area contributed by atoms with Crippen molar-refractivity contribution in [1.29, 1.82) is 0 Å². The lowest BCUT2D eigenvalue weighted by molar-refractivity contribution is 0.141. The predicted molar refractivity (Wildman–Crippen MR) is 78.4 cm³/mol. The lowest BCUT2D eigenvalue weighted by atomic mass is 10.0. The Morgan fingerprint density at radius 3 is 3.00 bits per heavy atom. The highest BCUT2D eigenvalue weighted by Crippen LogP contribution is 2.31. The van der Waals surface area contributed by atoms with E-state index in [4.69, 9.17) is 4.42 Å². The molecule has 7 nitrogen and oxygen atoms in total. The predicted octanol–water partition coefficient (Wildman–Crippen LogP) is 1.29. The summed E-state index contributed by atoms with van der Waals surface area (Å²) in [6.07, 6.45) is 5.83. The summed E-state index contributed by atoms with van der Waals surface area (Å²) in [6, 6.07) is 2.77. The van der Waals surface area contributed by atoms with E-state index in [0.717, 1.165) is 12.8 Å². The average Bonchev–Trinajstić information content (AvgIpc) is 3.19. The van der Waals surface area contributed by atoms with Gasteiger partial charge in [0.2, 0.25) is 5.09 Å². The molecule has 1 saturated heterocycles. The maximum atomic E-state index is 12.6. The van der Waals surface area contributed by atoms with Gasteiger partial charge in [0.1, 0.15) is 0 Å². The van der Waals surface area contributed by atoms with Crippen molar-refractivity contribution in [2.75, 3.05) is 6.54 Å². The van der Waals surface area contributed by atoms with Crippen molar-refractivity contribution in [3.8, 4) is 0 Å². The van der Waals surface area contributed by atoms with Crippen molar-refractivity contribution in [3.05, 3.63) is 36.4 Å². The summed E-state index contributed by atoms with van der Waals surface area (Å²) in [5.41, 5.74) is 0.699. The first-order chi connectivity index (χ1) is 10.5. The molecular formula is C14H19N3O4S. The van der Waals surface area contributed by atoms with E-state index in [1.807, 2.05) is 0 Å². The first-order valence-electron chi connectivity index (χ1n) is 7.20. The average molecular weight is 325 g/mol. The minimum atomic E-state index is -3.63. The number of sulfonamides is 1. The molecule has 2 aromatic heterocycles. The molecule has 1 aliphatic rings. The van der Waals surface area contributed by atoms with Crippen molar-refractivity contribution >= 4 is 10.0 Å². The third kappa shape index (κ3) is 2.81. The first kappa shape index (κ1) is 15.3. The quantitative estimate of drug-likeness (QED) is 0.895. The Bertz CT molecular complexity index is 723. The highest BCUT2D eigenvalue weighted by molar-refractivity contribution is 7.89. The minimum absolute atomic E-state index is 0.0460. The lowest BCUT2D eigenvalue weighted by Gasteiger charge is -2.24. The topological polar surface area (TPSA) is 88.6 Å². The van der Waals surface area contributed by atoms with E-state index in [0.29, 0.717) is 18.5 Å². The second-order valence-electron chi connectivity index (χ2n) is 5.54. The number of aliphatic hydroxyl groups is 1. The van der Waals surface area contributed by atoms with Crippen LogP contribution in [-0.2, 0) is 17.1 Å². The van der Waals surface area contributed by atoms with E-state index < -0.39 is 16.1 Å². The maximum absolute atomic E-state index is 12.6. The van der Waals surface area contributed by atoms with Gasteiger partial charge in [0.15, 0.2) is 0 Å². The van der Waals surface area contributed by atoms with Crippen LogP contribution in [0.1, 0.15) is 30.9 Å². The zero-order valence-electron chi connectivity index (χ0n) is 12.3. The van der Waals surface area contributed by atoms with Gasteiger partial charge in [-0.3, -0.25) is 4.68 Å². The summed E-state index contributed by atoms with van der Waals surface area (Å²) in [5, 5.41) is 14.3. The molecule has 0 unspecified atom stereocenters. The lowest BCUT2D eigenvalue weighted by Crippen LogP contribution is -2.36. The molecule has 1 fully saturated rings. The van der Waals surface area contributed by atoms with Gasteiger partial charge in [-0.25, -0.2) is 8.42 Å². The van der Waals surface area contributed by atoms with E-state index in [-0.39, 0.29) is 11.1 Å². The zero-order chi connectivity index (χ0) is 15.7. The van der Waals surface area contributed by atoms with Gasteiger partial charge in [0.05, 0.1) is 18.6 Å². The summed E-state index contributed by atoms with van der Waals surface area (Å²) < 4.78 is 33.2. The standard InChI is InChI=1S/C14H19N3O4S/c1-16-10-11(9-15-16)13(18)8-12-4-2-6-17(12)22(19,20)14-5-3-7-21-14/h3,5,7,9-10,12-13,18H,2,4,6,8H2,1H3/t12-,13-/m1/s1. The number of hydrogen-bond acceptors (Lipinski definition) is 5. The second-order valence-corrected chi connectivity index (χ2v) is 7.36. The van der Waals surface area contributed by atoms with E-state index >= 15 is 0 Å². The molecule has 2 aromatic rings. The monoisotopic (exact) mass is 325 g/mol. The van der Waals surface area contributed by atoms with Crippen LogP contribution < -0.4 is 0 Å². The summed E-state index contributed by atoms with van der Waals surface area (Å²) in [4.78, 5) is 0. The van der Waals surface area contributed by atoms with E-state index in [1.54, 1.807) is 30.2 Å². The summed E-state index contributed by atoms with van der Waals surface area (Å²) in [5.74, 6) is 0. The van der Waals surface area contributed by atoms with Crippen LogP contribution in [0.3, 0.4) is 0 Å². The van der Waals surface area contributed by atoms with Gasteiger partial charge in [0, 0.05) is 31.4 Å². The largest absolute Gasteiger partial charge is 0.452 e. The Hall–Kier alpha value is -1.64. The van der Waals surface area contributed by atoms with Crippen LogP contribution in [0.5, 0.6) is 0 Å².